The summed E-state index contributed by atoms with van der Waals surface area (Å²) in [6.07, 6.45) is 0. The second-order valence-corrected chi connectivity index (χ2v) is 6.62. The summed E-state index contributed by atoms with van der Waals surface area (Å²) in [6, 6.07) is 15.4. The van der Waals surface area contributed by atoms with Gasteiger partial charge in [-0.05, 0) is 28.1 Å². The maximum Gasteiger partial charge on any atom is 0.248 e. The molecule has 0 saturated carbocycles. The van der Waals surface area contributed by atoms with E-state index >= 15 is 0 Å². The Morgan fingerprint density at radius 3 is 2.50 bits per heavy atom. The lowest BCUT2D eigenvalue weighted by atomic mass is 9.94. The molecule has 128 valence electrons. The number of benzene rings is 2. The molecule has 3 aromatic rings. The molecule has 0 amide bonds. The maximum atomic E-state index is 13.1. The standard InChI is InChI=1S/C19H16N6O/c1-24(2)12-9-7-11(8-10-12)17-15-16(20-19-21-22-23-25(17)19)13-5-3-4-6-14(13)18(15)26/h3-10,17H,1-2H3,(H,20,21,23)/t17-/m1/s1. The van der Waals surface area contributed by atoms with Crippen molar-refractivity contribution in [3.63, 3.8) is 0 Å². The van der Waals surface area contributed by atoms with Gasteiger partial charge >= 0.3 is 0 Å². The molecule has 0 spiro atoms. The lowest BCUT2D eigenvalue weighted by Crippen LogP contribution is -2.25. The number of hydrogen-bond acceptors (Lipinski definition) is 6. The van der Waals surface area contributed by atoms with Crippen molar-refractivity contribution in [1.82, 2.24) is 20.2 Å². The van der Waals surface area contributed by atoms with Crippen LogP contribution in [0.25, 0.3) is 5.70 Å². The van der Waals surface area contributed by atoms with Crippen LogP contribution in [0.4, 0.5) is 11.6 Å². The number of hydrogen-bond donors (Lipinski definition) is 1. The molecule has 0 radical (unpaired) electrons. The zero-order chi connectivity index (χ0) is 17.8. The molecule has 7 heteroatoms. The number of anilines is 2. The summed E-state index contributed by atoms with van der Waals surface area (Å²) in [4.78, 5) is 15.2. The van der Waals surface area contributed by atoms with Crippen molar-refractivity contribution in [1.29, 1.82) is 0 Å². The fraction of sp³-hybridized carbons (Fsp3) is 0.158. The summed E-state index contributed by atoms with van der Waals surface area (Å²) >= 11 is 0. The van der Waals surface area contributed by atoms with Crippen LogP contribution in [0.1, 0.15) is 27.5 Å². The first-order valence-corrected chi connectivity index (χ1v) is 8.35. The summed E-state index contributed by atoms with van der Waals surface area (Å²) in [5, 5.41) is 15.2. The van der Waals surface area contributed by atoms with E-state index in [9.17, 15) is 4.79 Å². The van der Waals surface area contributed by atoms with Crippen LogP contribution in [0.2, 0.25) is 0 Å². The van der Waals surface area contributed by atoms with Gasteiger partial charge in [-0.1, -0.05) is 41.5 Å². The van der Waals surface area contributed by atoms with Gasteiger partial charge in [0.1, 0.15) is 6.04 Å². The molecule has 1 aliphatic carbocycles. The molecule has 1 aromatic heterocycles. The Hall–Kier alpha value is -3.48. The largest absolute Gasteiger partial charge is 0.378 e. The van der Waals surface area contributed by atoms with Crippen molar-refractivity contribution in [2.75, 3.05) is 24.3 Å². The summed E-state index contributed by atoms with van der Waals surface area (Å²) < 4.78 is 1.67. The quantitative estimate of drug-likeness (QED) is 0.769. The summed E-state index contributed by atoms with van der Waals surface area (Å²) in [5.41, 5.74) is 5.16. The molecule has 1 N–H and O–H groups in total. The van der Waals surface area contributed by atoms with Crippen molar-refractivity contribution < 1.29 is 4.79 Å². The Balaban J connectivity index is 1.70. The van der Waals surface area contributed by atoms with Crippen molar-refractivity contribution >= 4 is 23.1 Å². The zero-order valence-electron chi connectivity index (χ0n) is 14.3. The lowest BCUT2D eigenvalue weighted by Gasteiger charge is -2.26. The van der Waals surface area contributed by atoms with E-state index < -0.39 is 0 Å². The topological polar surface area (TPSA) is 75.9 Å². The third-order valence-electron chi connectivity index (χ3n) is 4.93. The Bertz CT molecular complexity index is 1060. The van der Waals surface area contributed by atoms with E-state index in [0.29, 0.717) is 17.1 Å². The smallest absolute Gasteiger partial charge is 0.248 e. The number of rotatable bonds is 2. The minimum atomic E-state index is -0.354. The van der Waals surface area contributed by atoms with Gasteiger partial charge in [-0.25, -0.2) is 0 Å². The number of nitrogens with one attached hydrogen (secondary N) is 1. The van der Waals surface area contributed by atoms with Gasteiger partial charge in [0.15, 0.2) is 5.78 Å². The number of nitrogens with zero attached hydrogens (tertiary/aromatic N) is 5. The van der Waals surface area contributed by atoms with Crippen molar-refractivity contribution in [3.05, 3.63) is 70.8 Å². The molecule has 0 unspecified atom stereocenters. The number of tetrazole rings is 1. The van der Waals surface area contributed by atoms with Gasteiger partial charge in [-0.3, -0.25) is 4.79 Å². The number of carbonyl (C=O) groups is 1. The van der Waals surface area contributed by atoms with Gasteiger partial charge in [0.25, 0.3) is 0 Å². The van der Waals surface area contributed by atoms with Gasteiger partial charge in [-0.2, -0.15) is 4.68 Å². The number of ketones is 1. The number of fused-ring (bicyclic) bond motifs is 3. The molecule has 0 fully saturated rings. The molecule has 2 heterocycles. The van der Waals surface area contributed by atoms with E-state index in [2.05, 4.69) is 20.8 Å². The van der Waals surface area contributed by atoms with Crippen LogP contribution in [0.3, 0.4) is 0 Å². The highest BCUT2D eigenvalue weighted by atomic mass is 16.1. The zero-order valence-corrected chi connectivity index (χ0v) is 14.3. The highest BCUT2D eigenvalue weighted by molar-refractivity contribution is 6.23. The van der Waals surface area contributed by atoms with Crippen molar-refractivity contribution in [3.8, 4) is 0 Å². The van der Waals surface area contributed by atoms with E-state index in [-0.39, 0.29) is 11.8 Å². The molecule has 2 aliphatic rings. The minimum absolute atomic E-state index is 0.0194. The Morgan fingerprint density at radius 1 is 1.04 bits per heavy atom. The van der Waals surface area contributed by atoms with Crippen molar-refractivity contribution in [2.24, 2.45) is 0 Å². The van der Waals surface area contributed by atoms with Crippen molar-refractivity contribution in [2.45, 2.75) is 6.04 Å². The molecule has 7 nitrogen and oxygen atoms in total. The monoisotopic (exact) mass is 344 g/mol. The molecule has 0 saturated heterocycles. The lowest BCUT2D eigenvalue weighted by molar-refractivity contribution is 0.102. The number of carbonyl (C=O) groups excluding carboxylic acids is 1. The molecule has 5 rings (SSSR count). The van der Waals surface area contributed by atoms with Gasteiger partial charge in [0.2, 0.25) is 5.95 Å². The predicted octanol–water partition coefficient (Wildman–Crippen LogP) is 2.36. The number of aromatic nitrogens is 4. The Labute approximate surface area is 149 Å². The fourth-order valence-corrected chi connectivity index (χ4v) is 3.64. The molecule has 26 heavy (non-hydrogen) atoms. The van der Waals surface area contributed by atoms with Crippen LogP contribution in [0.5, 0.6) is 0 Å². The normalized spacial score (nSPS) is 17.5. The van der Waals surface area contributed by atoms with Crippen LogP contribution in [0.15, 0.2) is 54.1 Å². The molecule has 0 bridgehead atoms. The first-order valence-electron chi connectivity index (χ1n) is 8.35. The third-order valence-corrected chi connectivity index (χ3v) is 4.93. The SMILES string of the molecule is CN(C)c1ccc([C@@H]2C3=C(Nc4nnnn42)c2ccccc2C3=O)cc1. The Morgan fingerprint density at radius 2 is 1.77 bits per heavy atom. The van der Waals surface area contributed by atoms with E-state index in [1.165, 1.54) is 0 Å². The third kappa shape index (κ3) is 1.94. The molecular formula is C19H16N6O. The average Bonchev–Trinajstić information content (AvgIpc) is 3.24. The number of Topliss-reactive ketones (excluding diaryl/α,β-unsaturated/α-hetero) is 1. The second-order valence-electron chi connectivity index (χ2n) is 6.62. The van der Waals surface area contributed by atoms with Crippen LogP contribution in [-0.4, -0.2) is 40.1 Å². The van der Waals surface area contributed by atoms with E-state index in [1.54, 1.807) is 4.68 Å². The summed E-state index contributed by atoms with van der Waals surface area (Å²) in [7, 11) is 3.99. The van der Waals surface area contributed by atoms with Gasteiger partial charge in [0, 0.05) is 30.9 Å². The molecular weight excluding hydrogens is 328 g/mol. The Kier molecular flexibility index (Phi) is 3.00. The van der Waals surface area contributed by atoms with E-state index in [0.717, 1.165) is 22.5 Å². The van der Waals surface area contributed by atoms with Crippen LogP contribution in [-0.2, 0) is 0 Å². The first-order chi connectivity index (χ1) is 12.6. The molecule has 2 aromatic carbocycles. The average molecular weight is 344 g/mol. The highest BCUT2D eigenvalue weighted by Crippen LogP contribution is 2.44. The van der Waals surface area contributed by atoms with Crippen LogP contribution >= 0.6 is 0 Å². The minimum Gasteiger partial charge on any atom is -0.378 e. The predicted molar refractivity (Wildman–Crippen MR) is 98.0 cm³/mol. The van der Waals surface area contributed by atoms with Gasteiger partial charge in [0.05, 0.1) is 11.3 Å². The van der Waals surface area contributed by atoms with Gasteiger partial charge in [-0.15, -0.1) is 0 Å². The second kappa shape index (κ2) is 5.26. The van der Waals surface area contributed by atoms with Gasteiger partial charge < -0.3 is 10.2 Å². The number of allylic oxidation sites excluding steroid dienone is 1. The summed E-state index contributed by atoms with van der Waals surface area (Å²) in [6.45, 7) is 0. The summed E-state index contributed by atoms with van der Waals surface area (Å²) in [5.74, 6) is 0.556. The fourth-order valence-electron chi connectivity index (χ4n) is 3.64. The van der Waals surface area contributed by atoms with Crippen LogP contribution < -0.4 is 10.2 Å². The highest BCUT2D eigenvalue weighted by Gasteiger charge is 2.41. The van der Waals surface area contributed by atoms with Crippen LogP contribution in [0, 0.1) is 0 Å². The van der Waals surface area contributed by atoms with E-state index in [4.69, 9.17) is 0 Å². The molecule has 1 atom stereocenters. The molecule has 1 aliphatic heterocycles. The first kappa shape index (κ1) is 14.8. The maximum absolute atomic E-state index is 13.1. The van der Waals surface area contributed by atoms with E-state index in [1.807, 2.05) is 67.5 Å².